The van der Waals surface area contributed by atoms with Gasteiger partial charge >= 0.3 is 17.9 Å². The van der Waals surface area contributed by atoms with E-state index in [2.05, 4.69) is 0 Å². The molecule has 0 bridgehead atoms. The number of hydrogen-bond donors (Lipinski definition) is 1. The van der Waals surface area contributed by atoms with Crippen LogP contribution in [0.15, 0.2) is 0 Å². The van der Waals surface area contributed by atoms with Gasteiger partial charge in [0.25, 0.3) is 0 Å². The number of aliphatic hydroxyl groups is 1. The Kier molecular flexibility index (Phi) is 8.81. The van der Waals surface area contributed by atoms with Crippen molar-refractivity contribution in [3.8, 4) is 0 Å². The molecule has 5 atom stereocenters. The highest BCUT2D eigenvalue weighted by Crippen LogP contribution is 2.28. The SMILES string of the molecule is CCCCO[C@@H]1[C@H](OC(C)=O)[C@@H](O)O[C@H](COC(C)=O)[C@H]1OC(C)=O. The van der Waals surface area contributed by atoms with Gasteiger partial charge in [-0.25, -0.2) is 0 Å². The predicted molar refractivity (Wildman–Crippen MR) is 83.3 cm³/mol. The Morgan fingerprint density at radius 3 is 2.08 bits per heavy atom. The van der Waals surface area contributed by atoms with Crippen LogP contribution in [-0.4, -0.2) is 66.9 Å². The lowest BCUT2D eigenvalue weighted by molar-refractivity contribution is -0.300. The Morgan fingerprint density at radius 1 is 0.960 bits per heavy atom. The summed E-state index contributed by atoms with van der Waals surface area (Å²) in [7, 11) is 0. The van der Waals surface area contributed by atoms with Gasteiger partial charge in [-0.15, -0.1) is 0 Å². The fraction of sp³-hybridized carbons (Fsp3) is 0.812. The summed E-state index contributed by atoms with van der Waals surface area (Å²) in [5, 5.41) is 10.2. The summed E-state index contributed by atoms with van der Waals surface area (Å²) in [6.07, 6.45) is -4.03. The Labute approximate surface area is 146 Å². The van der Waals surface area contributed by atoms with Gasteiger partial charge in [-0.05, 0) is 6.42 Å². The monoisotopic (exact) mass is 362 g/mol. The summed E-state index contributed by atoms with van der Waals surface area (Å²) in [5.41, 5.74) is 0. The highest BCUT2D eigenvalue weighted by Gasteiger charge is 2.50. The first-order valence-electron chi connectivity index (χ1n) is 8.19. The van der Waals surface area contributed by atoms with Crippen molar-refractivity contribution >= 4 is 17.9 Å². The standard InChI is InChI=1S/C16H26O9/c1-5-6-7-21-14-13(23-10(3)18)12(8-22-9(2)17)25-16(20)15(14)24-11(4)19/h12-16,20H,5-8H2,1-4H3/t12-,13-,14+,15+,16+/m1/s1. The Bertz CT molecular complexity index is 465. The number of unbranched alkanes of at least 4 members (excludes halogenated alkanes) is 1. The van der Waals surface area contributed by atoms with Crippen LogP contribution in [0.1, 0.15) is 40.5 Å². The molecule has 0 saturated carbocycles. The Morgan fingerprint density at radius 2 is 1.56 bits per heavy atom. The van der Waals surface area contributed by atoms with Gasteiger partial charge in [0, 0.05) is 27.4 Å². The van der Waals surface area contributed by atoms with E-state index < -0.39 is 48.6 Å². The van der Waals surface area contributed by atoms with Crippen molar-refractivity contribution in [3.05, 3.63) is 0 Å². The molecular formula is C16H26O9. The van der Waals surface area contributed by atoms with Crippen LogP contribution in [0, 0.1) is 0 Å². The zero-order valence-corrected chi connectivity index (χ0v) is 14.9. The minimum absolute atomic E-state index is 0.245. The molecule has 9 heteroatoms. The van der Waals surface area contributed by atoms with Crippen molar-refractivity contribution in [3.63, 3.8) is 0 Å². The van der Waals surface area contributed by atoms with Gasteiger partial charge in [0.1, 0.15) is 18.8 Å². The van der Waals surface area contributed by atoms with E-state index in [1.165, 1.54) is 20.8 Å². The molecule has 0 spiro atoms. The van der Waals surface area contributed by atoms with Crippen LogP contribution >= 0.6 is 0 Å². The predicted octanol–water partition coefficient (Wildman–Crippen LogP) is 0.315. The van der Waals surface area contributed by atoms with Gasteiger partial charge in [0.15, 0.2) is 18.5 Å². The van der Waals surface area contributed by atoms with Crippen LogP contribution in [0.4, 0.5) is 0 Å². The number of aliphatic hydroxyl groups excluding tert-OH is 1. The van der Waals surface area contributed by atoms with Crippen LogP contribution in [-0.2, 0) is 38.1 Å². The first-order chi connectivity index (χ1) is 11.8. The molecule has 0 aromatic rings. The number of carbonyl (C=O) groups is 3. The molecule has 9 nitrogen and oxygen atoms in total. The molecule has 0 aliphatic carbocycles. The van der Waals surface area contributed by atoms with Crippen molar-refractivity contribution in [2.75, 3.05) is 13.2 Å². The average Bonchev–Trinajstić information content (AvgIpc) is 2.50. The fourth-order valence-corrected chi connectivity index (χ4v) is 2.43. The molecule has 1 N–H and O–H groups in total. The van der Waals surface area contributed by atoms with E-state index in [1.807, 2.05) is 6.92 Å². The van der Waals surface area contributed by atoms with Crippen molar-refractivity contribution in [1.82, 2.24) is 0 Å². The molecule has 1 heterocycles. The molecule has 144 valence electrons. The molecule has 1 fully saturated rings. The van der Waals surface area contributed by atoms with Gasteiger partial charge in [0.2, 0.25) is 0 Å². The van der Waals surface area contributed by atoms with E-state index in [-0.39, 0.29) is 6.61 Å². The Balaban J connectivity index is 3.02. The number of hydrogen-bond acceptors (Lipinski definition) is 9. The highest BCUT2D eigenvalue weighted by molar-refractivity contribution is 5.67. The molecule has 25 heavy (non-hydrogen) atoms. The van der Waals surface area contributed by atoms with Crippen LogP contribution < -0.4 is 0 Å². The minimum atomic E-state index is -1.51. The summed E-state index contributed by atoms with van der Waals surface area (Å²) in [6, 6.07) is 0. The number of esters is 3. The lowest BCUT2D eigenvalue weighted by atomic mass is 9.98. The van der Waals surface area contributed by atoms with E-state index in [9.17, 15) is 19.5 Å². The van der Waals surface area contributed by atoms with Crippen LogP contribution in [0.25, 0.3) is 0 Å². The molecular weight excluding hydrogens is 336 g/mol. The van der Waals surface area contributed by atoms with Gasteiger partial charge in [-0.2, -0.15) is 0 Å². The first-order valence-corrected chi connectivity index (χ1v) is 8.19. The van der Waals surface area contributed by atoms with E-state index in [0.29, 0.717) is 6.61 Å². The molecule has 0 aromatic heterocycles. The summed E-state index contributed by atoms with van der Waals surface area (Å²) in [6.45, 7) is 5.64. The largest absolute Gasteiger partial charge is 0.463 e. The second-order valence-electron chi connectivity index (χ2n) is 5.70. The maximum absolute atomic E-state index is 11.5. The highest BCUT2D eigenvalue weighted by atomic mass is 16.7. The quantitative estimate of drug-likeness (QED) is 0.370. The molecule has 0 aromatic carbocycles. The van der Waals surface area contributed by atoms with E-state index in [4.69, 9.17) is 23.7 Å². The first kappa shape index (κ1) is 21.3. The van der Waals surface area contributed by atoms with Crippen LogP contribution in [0.5, 0.6) is 0 Å². The van der Waals surface area contributed by atoms with Gasteiger partial charge in [0.05, 0.1) is 0 Å². The number of ether oxygens (including phenoxy) is 5. The third kappa shape index (κ3) is 6.97. The molecule has 1 saturated heterocycles. The fourth-order valence-electron chi connectivity index (χ4n) is 2.43. The van der Waals surface area contributed by atoms with Crippen LogP contribution in [0.2, 0.25) is 0 Å². The number of carbonyl (C=O) groups excluding carboxylic acids is 3. The zero-order chi connectivity index (χ0) is 19.0. The van der Waals surface area contributed by atoms with Crippen molar-refractivity contribution in [2.45, 2.75) is 71.2 Å². The summed E-state index contributed by atoms with van der Waals surface area (Å²) in [4.78, 5) is 33.9. The second-order valence-corrected chi connectivity index (χ2v) is 5.70. The molecule has 1 aliphatic rings. The molecule has 1 rings (SSSR count). The van der Waals surface area contributed by atoms with Gasteiger partial charge in [-0.3, -0.25) is 14.4 Å². The maximum atomic E-state index is 11.5. The van der Waals surface area contributed by atoms with Crippen molar-refractivity contribution in [1.29, 1.82) is 0 Å². The Hall–Kier alpha value is -1.71. The van der Waals surface area contributed by atoms with E-state index in [1.54, 1.807) is 0 Å². The summed E-state index contributed by atoms with van der Waals surface area (Å²) >= 11 is 0. The van der Waals surface area contributed by atoms with Crippen LogP contribution in [0.3, 0.4) is 0 Å². The van der Waals surface area contributed by atoms with E-state index in [0.717, 1.165) is 12.8 Å². The third-order valence-electron chi connectivity index (χ3n) is 3.47. The zero-order valence-electron chi connectivity index (χ0n) is 14.9. The topological polar surface area (TPSA) is 118 Å². The van der Waals surface area contributed by atoms with Gasteiger partial charge in [-0.1, -0.05) is 13.3 Å². The molecule has 0 amide bonds. The molecule has 1 aliphatic heterocycles. The summed E-state index contributed by atoms with van der Waals surface area (Å²) in [5.74, 6) is -1.80. The van der Waals surface area contributed by atoms with E-state index >= 15 is 0 Å². The van der Waals surface area contributed by atoms with Crippen molar-refractivity contribution < 1.29 is 43.2 Å². The minimum Gasteiger partial charge on any atom is -0.463 e. The molecule has 0 radical (unpaired) electrons. The molecule has 0 unspecified atom stereocenters. The lowest BCUT2D eigenvalue weighted by Gasteiger charge is -2.43. The average molecular weight is 362 g/mol. The summed E-state index contributed by atoms with van der Waals surface area (Å²) < 4.78 is 26.3. The smallest absolute Gasteiger partial charge is 0.303 e. The lowest BCUT2D eigenvalue weighted by Crippen LogP contribution is -2.62. The number of rotatable bonds is 8. The van der Waals surface area contributed by atoms with Gasteiger partial charge < -0.3 is 28.8 Å². The third-order valence-corrected chi connectivity index (χ3v) is 3.47. The normalized spacial score (nSPS) is 28.9. The van der Waals surface area contributed by atoms with Crippen molar-refractivity contribution in [2.24, 2.45) is 0 Å². The second kappa shape index (κ2) is 10.3. The maximum Gasteiger partial charge on any atom is 0.303 e.